The Bertz CT molecular complexity index is 360. The summed E-state index contributed by atoms with van der Waals surface area (Å²) in [6, 6.07) is 0.899. The molecule has 0 radical (unpaired) electrons. The number of halogens is 2. The van der Waals surface area contributed by atoms with Crippen LogP contribution >= 0.6 is 45.5 Å². The molecule has 0 atom stereocenters. The van der Waals surface area contributed by atoms with Gasteiger partial charge in [-0.2, -0.15) is 0 Å². The molecule has 4 nitrogen and oxygen atoms in total. The maximum atomic E-state index is 2.80. The molecule has 1 aliphatic carbocycles. The van der Waals surface area contributed by atoms with Gasteiger partial charge in [-0.25, -0.2) is 3.11 Å². The summed E-state index contributed by atoms with van der Waals surface area (Å²) in [5, 5.41) is 0. The Hall–Kier alpha value is 1.30. The van der Waals surface area contributed by atoms with Crippen molar-refractivity contribution in [2.45, 2.75) is 54.9 Å². The normalized spacial score (nSPS) is 31.4. The Morgan fingerprint density at radius 3 is 1.72 bits per heavy atom. The molecule has 1 saturated carbocycles. The van der Waals surface area contributed by atoms with Crippen LogP contribution in [0, 0.1) is 0 Å². The molecule has 0 bridgehead atoms. The van der Waals surface area contributed by atoms with E-state index in [0.717, 1.165) is 9.97 Å². The minimum absolute atomic E-state index is 0.899. The molecule has 3 fully saturated rings. The van der Waals surface area contributed by atoms with E-state index in [1.807, 2.05) is 0 Å². The van der Waals surface area contributed by atoms with Crippen molar-refractivity contribution in [1.29, 1.82) is 0 Å². The van der Waals surface area contributed by atoms with Crippen LogP contribution in [0.1, 0.15) is 44.9 Å². The molecule has 0 aromatic heterocycles. The maximum Gasteiger partial charge on any atom is 0.0209 e. The smallest absolute Gasteiger partial charge is 0.0209 e. The molecule has 0 unspecified atom stereocenters. The van der Waals surface area contributed by atoms with E-state index in [9.17, 15) is 0 Å². The van der Waals surface area contributed by atoms with Crippen LogP contribution in [0.25, 0.3) is 0 Å². The first kappa shape index (κ1) is 21.0. The largest absolute Gasteiger partial charge is 0.301 e. The van der Waals surface area contributed by atoms with Crippen LogP contribution < -0.4 is 0 Å². The monoisotopic (exact) mass is 574 g/mol. The van der Waals surface area contributed by atoms with Crippen molar-refractivity contribution in [2.75, 3.05) is 65.4 Å². The molecular weight excluding hydrogens is 538 g/mol. The molecule has 0 spiro atoms. The lowest BCUT2D eigenvalue weighted by molar-refractivity contribution is 0.0792. The summed E-state index contributed by atoms with van der Waals surface area (Å²) in [5.74, 6) is 0. The van der Waals surface area contributed by atoms with Crippen molar-refractivity contribution in [1.82, 2.24) is 17.8 Å². The Balaban J connectivity index is 1.20. The van der Waals surface area contributed by atoms with Gasteiger partial charge in [0.2, 0.25) is 0 Å². The molecule has 146 valence electrons. The fourth-order valence-electron chi connectivity index (χ4n) is 4.55. The average Bonchev–Trinajstić information content (AvgIpc) is 2.64. The molecule has 2 saturated heterocycles. The van der Waals surface area contributed by atoms with Gasteiger partial charge in [0.25, 0.3) is 0 Å². The molecule has 2 heterocycles. The Labute approximate surface area is 182 Å². The van der Waals surface area contributed by atoms with Crippen LogP contribution in [0.2, 0.25) is 0 Å². The van der Waals surface area contributed by atoms with Crippen molar-refractivity contribution in [3.63, 3.8) is 0 Å². The predicted molar refractivity (Wildman–Crippen MR) is 124 cm³/mol. The quantitative estimate of drug-likeness (QED) is 0.200. The number of hydrogen-bond donors (Lipinski definition) is 0. The zero-order valence-electron chi connectivity index (χ0n) is 15.7. The minimum atomic E-state index is 0.899. The van der Waals surface area contributed by atoms with Crippen molar-refractivity contribution >= 4 is 45.5 Å². The fourth-order valence-corrected chi connectivity index (χ4v) is 5.70. The third-order valence-corrected chi connectivity index (χ3v) is 8.53. The highest BCUT2D eigenvalue weighted by atomic mass is 127. The second-order valence-corrected chi connectivity index (χ2v) is 11.2. The van der Waals surface area contributed by atoms with Crippen molar-refractivity contribution < 1.29 is 0 Å². The van der Waals surface area contributed by atoms with Crippen LogP contribution in [0.4, 0.5) is 0 Å². The standard InChI is InChI=1S/C19H36I2N4/c20-18-4-6-19(7-5-18)24-14-10-22(11-15-24)8-2-1-3-9-23-12-16-25(21)17-13-23/h18-19H,1-17H2. The fraction of sp³-hybridized carbons (Fsp3) is 1.00. The average molecular weight is 574 g/mol. The third-order valence-electron chi connectivity index (χ3n) is 6.32. The van der Waals surface area contributed by atoms with E-state index < -0.39 is 0 Å². The lowest BCUT2D eigenvalue weighted by Gasteiger charge is -2.41. The molecule has 6 heteroatoms. The van der Waals surface area contributed by atoms with E-state index >= 15 is 0 Å². The Morgan fingerprint density at radius 1 is 0.640 bits per heavy atom. The van der Waals surface area contributed by atoms with E-state index in [-0.39, 0.29) is 0 Å². The molecule has 3 rings (SSSR count). The van der Waals surface area contributed by atoms with Crippen molar-refractivity contribution in [2.24, 2.45) is 0 Å². The van der Waals surface area contributed by atoms with Crippen LogP contribution in [0.3, 0.4) is 0 Å². The van der Waals surface area contributed by atoms with Crippen molar-refractivity contribution in [3.05, 3.63) is 0 Å². The summed E-state index contributed by atoms with van der Waals surface area (Å²) in [4.78, 5) is 8.17. The van der Waals surface area contributed by atoms with Gasteiger partial charge in [-0.15, -0.1) is 0 Å². The molecular formula is C19H36I2N4. The number of piperazine rings is 2. The van der Waals surface area contributed by atoms with Crippen LogP contribution in [-0.4, -0.2) is 93.2 Å². The molecule has 0 amide bonds. The van der Waals surface area contributed by atoms with E-state index in [4.69, 9.17) is 0 Å². The number of unbranched alkanes of at least 4 members (excludes halogenated alkanes) is 2. The highest BCUT2D eigenvalue weighted by Crippen LogP contribution is 2.28. The molecule has 0 aromatic carbocycles. The van der Waals surface area contributed by atoms with Gasteiger partial charge in [0.05, 0.1) is 0 Å². The summed E-state index contributed by atoms with van der Waals surface area (Å²) in [5.41, 5.74) is 0. The predicted octanol–water partition coefficient (Wildman–Crippen LogP) is 3.49. The third kappa shape index (κ3) is 7.33. The summed E-state index contributed by atoms with van der Waals surface area (Å²) in [7, 11) is 0. The number of rotatable bonds is 7. The maximum absolute atomic E-state index is 2.80. The summed E-state index contributed by atoms with van der Waals surface area (Å²) in [6.45, 7) is 12.9. The highest BCUT2D eigenvalue weighted by molar-refractivity contribution is 14.1. The zero-order chi connectivity index (χ0) is 17.5. The zero-order valence-corrected chi connectivity index (χ0v) is 20.0. The van der Waals surface area contributed by atoms with Gasteiger partial charge in [-0.3, -0.25) is 4.90 Å². The van der Waals surface area contributed by atoms with E-state index in [1.54, 1.807) is 0 Å². The first-order valence-corrected chi connectivity index (χ1v) is 12.7. The Kier molecular flexibility index (Phi) is 9.53. The van der Waals surface area contributed by atoms with Crippen LogP contribution in [0.5, 0.6) is 0 Å². The van der Waals surface area contributed by atoms with Gasteiger partial charge in [-0.1, -0.05) is 29.0 Å². The van der Waals surface area contributed by atoms with Crippen LogP contribution in [0.15, 0.2) is 0 Å². The molecule has 0 N–H and O–H groups in total. The SMILES string of the molecule is IC1CCC(N2CCN(CCCCCN3CCN(I)CC3)CC2)CC1. The first-order chi connectivity index (χ1) is 12.2. The molecule has 0 aromatic rings. The molecule has 2 aliphatic heterocycles. The lowest BCUT2D eigenvalue weighted by atomic mass is 9.93. The summed E-state index contributed by atoms with van der Waals surface area (Å²) in [6.07, 6.45) is 9.97. The van der Waals surface area contributed by atoms with E-state index in [1.165, 1.54) is 110 Å². The number of nitrogens with zero attached hydrogens (tertiary/aromatic N) is 4. The van der Waals surface area contributed by atoms with Gasteiger partial charge in [0, 0.05) is 85.2 Å². The molecule has 25 heavy (non-hydrogen) atoms. The summed E-state index contributed by atoms with van der Waals surface area (Å²) >= 11 is 5.10. The number of hydrogen-bond acceptors (Lipinski definition) is 4. The second-order valence-electron chi connectivity index (χ2n) is 8.10. The van der Waals surface area contributed by atoms with E-state index in [2.05, 4.69) is 63.3 Å². The van der Waals surface area contributed by atoms with Gasteiger partial charge < -0.3 is 9.80 Å². The topological polar surface area (TPSA) is 13.0 Å². The number of alkyl halides is 1. The Morgan fingerprint density at radius 2 is 1.16 bits per heavy atom. The van der Waals surface area contributed by atoms with Crippen LogP contribution in [-0.2, 0) is 0 Å². The van der Waals surface area contributed by atoms with Gasteiger partial charge in [-0.05, 0) is 51.6 Å². The highest BCUT2D eigenvalue weighted by Gasteiger charge is 2.27. The second kappa shape index (κ2) is 11.3. The molecule has 3 aliphatic rings. The minimum Gasteiger partial charge on any atom is -0.301 e. The van der Waals surface area contributed by atoms with Crippen molar-refractivity contribution in [3.8, 4) is 0 Å². The van der Waals surface area contributed by atoms with E-state index in [0.29, 0.717) is 0 Å². The van der Waals surface area contributed by atoms with Gasteiger partial charge in [0.1, 0.15) is 0 Å². The van der Waals surface area contributed by atoms with Gasteiger partial charge in [0.15, 0.2) is 0 Å². The lowest BCUT2D eigenvalue weighted by Crippen LogP contribution is -2.51. The summed E-state index contributed by atoms with van der Waals surface area (Å²) < 4.78 is 3.36. The first-order valence-electron chi connectivity index (χ1n) is 10.4. The van der Waals surface area contributed by atoms with Gasteiger partial charge >= 0.3 is 0 Å².